The lowest BCUT2D eigenvalue weighted by molar-refractivity contribution is -0.131. The van der Waals surface area contributed by atoms with Crippen LogP contribution >= 0.6 is 0 Å². The molecule has 0 radical (unpaired) electrons. The highest BCUT2D eigenvalue weighted by Crippen LogP contribution is 2.38. The molecule has 1 saturated heterocycles. The third-order valence-corrected chi connectivity index (χ3v) is 5.83. The largest absolute Gasteiger partial charge is 0.493 e. The van der Waals surface area contributed by atoms with Crippen molar-refractivity contribution in [3.8, 4) is 11.5 Å². The number of benzene rings is 1. The van der Waals surface area contributed by atoms with E-state index < -0.39 is 22.1 Å². The minimum atomic E-state index is -3.89. The van der Waals surface area contributed by atoms with Gasteiger partial charge in [-0.15, -0.1) is 0 Å². The Morgan fingerprint density at radius 1 is 1.24 bits per heavy atom. The summed E-state index contributed by atoms with van der Waals surface area (Å²) in [6.45, 7) is 0.397. The normalized spacial score (nSPS) is 16.9. The fourth-order valence-electron chi connectivity index (χ4n) is 2.63. The van der Waals surface area contributed by atoms with E-state index in [2.05, 4.69) is 0 Å². The summed E-state index contributed by atoms with van der Waals surface area (Å²) in [6, 6.07) is 2.85. The quantitative estimate of drug-likeness (QED) is 0.716. The van der Waals surface area contributed by atoms with Gasteiger partial charge in [0.05, 0.1) is 20.3 Å². The predicted octanol–water partition coefficient (Wildman–Crippen LogP) is 0.947. The van der Waals surface area contributed by atoms with Crippen LogP contribution in [0.25, 0.3) is 6.08 Å². The Bertz CT molecular complexity index is 765. The number of carbonyl (C=O) groups is 1. The maximum atomic E-state index is 13.0. The molecule has 9 heteroatoms. The van der Waals surface area contributed by atoms with Gasteiger partial charge in [-0.2, -0.15) is 4.31 Å². The molecule has 1 aromatic carbocycles. The van der Waals surface area contributed by atoms with Crippen molar-refractivity contribution in [2.45, 2.75) is 23.8 Å². The van der Waals surface area contributed by atoms with Gasteiger partial charge in [0, 0.05) is 19.2 Å². The molecule has 2 N–H and O–H groups in total. The third kappa shape index (κ3) is 4.30. The first-order valence-electron chi connectivity index (χ1n) is 7.65. The summed E-state index contributed by atoms with van der Waals surface area (Å²) in [5.74, 6) is -0.907. The number of aliphatic hydroxyl groups is 1. The molecule has 8 nitrogen and oxygen atoms in total. The Kier molecular flexibility index (Phi) is 6.04. The summed E-state index contributed by atoms with van der Waals surface area (Å²) in [4.78, 5) is 10.6. The number of hydrogen-bond acceptors (Lipinski definition) is 6. The highest BCUT2D eigenvalue weighted by molar-refractivity contribution is 7.89. The van der Waals surface area contributed by atoms with E-state index in [1.54, 1.807) is 0 Å². The standard InChI is InChI=1S/C16H21NO7S/c1-23-13-9-11(3-4-15(19)20)10-14(16(13)24-2)25(21,22)17-7-5-12(18)6-8-17/h3-4,9-10,12,18H,5-8H2,1-2H3,(H,19,20). The average molecular weight is 371 g/mol. The summed E-state index contributed by atoms with van der Waals surface area (Å²) >= 11 is 0. The summed E-state index contributed by atoms with van der Waals surface area (Å²) in [5, 5.41) is 18.3. The van der Waals surface area contributed by atoms with Crippen molar-refractivity contribution in [1.82, 2.24) is 4.31 Å². The molecule has 1 fully saturated rings. The molecule has 25 heavy (non-hydrogen) atoms. The van der Waals surface area contributed by atoms with E-state index in [1.165, 1.54) is 36.7 Å². The maximum Gasteiger partial charge on any atom is 0.328 e. The monoisotopic (exact) mass is 371 g/mol. The molecule has 1 aliphatic heterocycles. The van der Waals surface area contributed by atoms with Gasteiger partial charge in [0.15, 0.2) is 11.5 Å². The van der Waals surface area contributed by atoms with Crippen LogP contribution in [0.4, 0.5) is 0 Å². The van der Waals surface area contributed by atoms with Crippen molar-refractivity contribution >= 4 is 22.1 Å². The molecular weight excluding hydrogens is 350 g/mol. The second-order valence-corrected chi connectivity index (χ2v) is 7.47. The summed E-state index contributed by atoms with van der Waals surface area (Å²) in [5.41, 5.74) is 0.357. The van der Waals surface area contributed by atoms with Crippen molar-refractivity contribution in [1.29, 1.82) is 0 Å². The van der Waals surface area contributed by atoms with Gasteiger partial charge in [0.2, 0.25) is 10.0 Å². The van der Waals surface area contributed by atoms with E-state index in [9.17, 15) is 18.3 Å². The lowest BCUT2D eigenvalue weighted by Gasteiger charge is -2.29. The van der Waals surface area contributed by atoms with Crippen LogP contribution < -0.4 is 9.47 Å². The predicted molar refractivity (Wildman–Crippen MR) is 90.2 cm³/mol. The van der Waals surface area contributed by atoms with Gasteiger partial charge in [0.1, 0.15) is 4.90 Å². The number of rotatable bonds is 6. The summed E-state index contributed by atoms with van der Waals surface area (Å²) in [7, 11) is -1.18. The molecule has 0 saturated carbocycles. The number of piperidine rings is 1. The molecule has 1 aromatic rings. The number of carboxylic acid groups (broad SMARTS) is 1. The molecule has 0 aliphatic carbocycles. The van der Waals surface area contributed by atoms with E-state index in [4.69, 9.17) is 14.6 Å². The molecule has 2 rings (SSSR count). The maximum absolute atomic E-state index is 13.0. The first-order valence-corrected chi connectivity index (χ1v) is 9.09. The Morgan fingerprint density at radius 2 is 1.88 bits per heavy atom. The third-order valence-electron chi connectivity index (χ3n) is 3.93. The van der Waals surface area contributed by atoms with E-state index in [0.717, 1.165) is 6.08 Å². The van der Waals surface area contributed by atoms with Crippen LogP contribution in [-0.4, -0.2) is 62.3 Å². The Balaban J connectivity index is 2.53. The molecule has 0 aromatic heterocycles. The molecule has 0 unspecified atom stereocenters. The molecule has 138 valence electrons. The Morgan fingerprint density at radius 3 is 2.40 bits per heavy atom. The molecule has 0 spiro atoms. The number of nitrogens with zero attached hydrogens (tertiary/aromatic N) is 1. The number of aliphatic carboxylic acids is 1. The topological polar surface area (TPSA) is 113 Å². The van der Waals surface area contributed by atoms with Gasteiger partial charge in [-0.25, -0.2) is 13.2 Å². The molecule has 1 heterocycles. The molecule has 0 bridgehead atoms. The first kappa shape index (κ1) is 19.2. The van der Waals surface area contributed by atoms with Crippen LogP contribution in [0.2, 0.25) is 0 Å². The molecular formula is C16H21NO7S. The zero-order valence-corrected chi connectivity index (χ0v) is 14.8. The lowest BCUT2D eigenvalue weighted by atomic mass is 10.1. The van der Waals surface area contributed by atoms with Crippen LogP contribution in [0.1, 0.15) is 18.4 Å². The highest BCUT2D eigenvalue weighted by atomic mass is 32.2. The van der Waals surface area contributed by atoms with Crippen LogP contribution in [0.3, 0.4) is 0 Å². The van der Waals surface area contributed by atoms with E-state index in [1.807, 2.05) is 0 Å². The number of aliphatic hydroxyl groups excluding tert-OH is 1. The molecule has 1 aliphatic rings. The number of sulfonamides is 1. The number of ether oxygens (including phenoxy) is 2. The van der Waals surface area contributed by atoms with Crippen molar-refractivity contribution in [3.63, 3.8) is 0 Å². The fraction of sp³-hybridized carbons (Fsp3) is 0.438. The Labute approximate surface area is 146 Å². The van der Waals surface area contributed by atoms with Gasteiger partial charge < -0.3 is 19.7 Å². The first-order chi connectivity index (χ1) is 11.8. The summed E-state index contributed by atoms with van der Waals surface area (Å²) < 4.78 is 37.7. The zero-order chi connectivity index (χ0) is 18.6. The van der Waals surface area contributed by atoms with Crippen LogP contribution in [0.5, 0.6) is 11.5 Å². The van der Waals surface area contributed by atoms with Gasteiger partial charge in [-0.3, -0.25) is 0 Å². The Hall–Kier alpha value is -2.10. The minimum Gasteiger partial charge on any atom is -0.493 e. The van der Waals surface area contributed by atoms with Crippen molar-refractivity contribution < 1.29 is 32.9 Å². The van der Waals surface area contributed by atoms with Gasteiger partial charge in [-0.1, -0.05) is 0 Å². The summed E-state index contributed by atoms with van der Waals surface area (Å²) in [6.07, 6.45) is 2.40. The van der Waals surface area contributed by atoms with Crippen molar-refractivity contribution in [2.24, 2.45) is 0 Å². The lowest BCUT2D eigenvalue weighted by Crippen LogP contribution is -2.40. The zero-order valence-electron chi connectivity index (χ0n) is 14.0. The fourth-order valence-corrected chi connectivity index (χ4v) is 4.30. The van der Waals surface area contributed by atoms with Crippen LogP contribution in [-0.2, 0) is 14.8 Å². The average Bonchev–Trinajstić information content (AvgIpc) is 2.59. The smallest absolute Gasteiger partial charge is 0.328 e. The van der Waals surface area contributed by atoms with E-state index >= 15 is 0 Å². The number of carboxylic acids is 1. The van der Waals surface area contributed by atoms with E-state index in [-0.39, 0.29) is 29.5 Å². The van der Waals surface area contributed by atoms with Gasteiger partial charge in [-0.05, 0) is 36.6 Å². The second-order valence-electron chi connectivity index (χ2n) is 5.56. The molecule has 0 amide bonds. The minimum absolute atomic E-state index is 0.0566. The van der Waals surface area contributed by atoms with Gasteiger partial charge >= 0.3 is 5.97 Å². The van der Waals surface area contributed by atoms with Crippen LogP contribution in [0.15, 0.2) is 23.1 Å². The highest BCUT2D eigenvalue weighted by Gasteiger charge is 2.32. The number of methoxy groups -OCH3 is 2. The SMILES string of the molecule is COc1cc(C=CC(=O)O)cc(S(=O)(=O)N2CCC(O)CC2)c1OC. The van der Waals surface area contributed by atoms with Crippen LogP contribution in [0, 0.1) is 0 Å². The second kappa shape index (κ2) is 7.85. The van der Waals surface area contributed by atoms with E-state index in [0.29, 0.717) is 18.4 Å². The van der Waals surface area contributed by atoms with Crippen molar-refractivity contribution in [3.05, 3.63) is 23.8 Å². The molecule has 0 atom stereocenters. The van der Waals surface area contributed by atoms with Crippen molar-refractivity contribution in [2.75, 3.05) is 27.3 Å². The number of hydrogen-bond donors (Lipinski definition) is 2. The van der Waals surface area contributed by atoms with Gasteiger partial charge in [0.25, 0.3) is 0 Å².